The van der Waals surface area contributed by atoms with Gasteiger partial charge >= 0.3 is 0 Å². The number of hydrogen-bond acceptors (Lipinski definition) is 3. The Morgan fingerprint density at radius 3 is 2.50 bits per heavy atom. The molecule has 0 radical (unpaired) electrons. The molecule has 2 aromatic rings. The van der Waals surface area contributed by atoms with Gasteiger partial charge in [0.1, 0.15) is 11.5 Å². The number of benzene rings is 2. The molecule has 0 amide bonds. The summed E-state index contributed by atoms with van der Waals surface area (Å²) in [5, 5.41) is 21.8. The molecule has 1 aliphatic rings. The number of unbranched alkanes of at least 4 members (excludes halogenated alkanes) is 2. The summed E-state index contributed by atoms with van der Waals surface area (Å²) in [7, 11) is 0. The number of phenolic OH excluding ortho intramolecular Hbond substituents is 2. The highest BCUT2D eigenvalue weighted by atomic mass is 16.5. The maximum Gasteiger partial charge on any atom is 0.131 e. The van der Waals surface area contributed by atoms with Gasteiger partial charge in [-0.1, -0.05) is 49.6 Å². The van der Waals surface area contributed by atoms with Crippen molar-refractivity contribution in [2.75, 3.05) is 0 Å². The molecule has 0 aliphatic carbocycles. The van der Waals surface area contributed by atoms with E-state index in [9.17, 15) is 10.2 Å². The van der Waals surface area contributed by atoms with Crippen LogP contribution in [0.1, 0.15) is 48.8 Å². The van der Waals surface area contributed by atoms with Crippen LogP contribution in [0.25, 0.3) is 11.1 Å². The van der Waals surface area contributed by atoms with Crippen LogP contribution in [0.3, 0.4) is 0 Å². The van der Waals surface area contributed by atoms with E-state index >= 15 is 0 Å². The van der Waals surface area contributed by atoms with Crippen LogP contribution in [-0.2, 0) is 11.2 Å². The molecule has 0 saturated carbocycles. The van der Waals surface area contributed by atoms with Crippen molar-refractivity contribution in [3.05, 3.63) is 71.7 Å². The first-order chi connectivity index (χ1) is 12.6. The smallest absolute Gasteiger partial charge is 0.131 e. The molecule has 0 bridgehead atoms. The largest absolute Gasteiger partial charge is 0.507 e. The van der Waals surface area contributed by atoms with E-state index in [1.54, 1.807) is 12.5 Å². The summed E-state index contributed by atoms with van der Waals surface area (Å²) in [6, 6.07) is 9.65. The molecule has 1 aliphatic heterocycles. The summed E-state index contributed by atoms with van der Waals surface area (Å²) in [6.45, 7) is 4.17. The van der Waals surface area contributed by atoms with E-state index in [2.05, 4.69) is 6.92 Å². The average Bonchev–Trinajstić information content (AvgIpc) is 2.62. The van der Waals surface area contributed by atoms with Crippen molar-refractivity contribution in [1.29, 1.82) is 0 Å². The summed E-state index contributed by atoms with van der Waals surface area (Å²) >= 11 is 0. The molecule has 2 aromatic carbocycles. The lowest BCUT2D eigenvalue weighted by molar-refractivity contribution is 0.388. The maximum atomic E-state index is 11.1. The first kappa shape index (κ1) is 18.1. The van der Waals surface area contributed by atoms with E-state index in [1.807, 2.05) is 49.4 Å². The van der Waals surface area contributed by atoms with E-state index in [0.717, 1.165) is 47.9 Å². The van der Waals surface area contributed by atoms with Crippen LogP contribution in [-0.4, -0.2) is 10.2 Å². The molecular weight excluding hydrogens is 324 g/mol. The zero-order valence-corrected chi connectivity index (χ0v) is 15.4. The van der Waals surface area contributed by atoms with Gasteiger partial charge < -0.3 is 14.9 Å². The van der Waals surface area contributed by atoms with Crippen molar-refractivity contribution in [2.24, 2.45) is 0 Å². The molecule has 136 valence electrons. The molecule has 0 atom stereocenters. The number of allylic oxidation sites excluding steroid dienone is 2. The Morgan fingerprint density at radius 2 is 1.81 bits per heavy atom. The van der Waals surface area contributed by atoms with E-state index in [-0.39, 0.29) is 17.4 Å². The number of aromatic hydroxyl groups is 2. The van der Waals surface area contributed by atoms with Gasteiger partial charge in [-0.3, -0.25) is 0 Å². The van der Waals surface area contributed by atoms with E-state index in [0.29, 0.717) is 5.56 Å². The first-order valence-corrected chi connectivity index (χ1v) is 9.25. The van der Waals surface area contributed by atoms with Crippen molar-refractivity contribution in [3.63, 3.8) is 0 Å². The number of rotatable bonds is 6. The fourth-order valence-electron chi connectivity index (χ4n) is 3.51. The van der Waals surface area contributed by atoms with Crippen molar-refractivity contribution < 1.29 is 14.9 Å². The lowest BCUT2D eigenvalue weighted by Gasteiger charge is -2.21. The van der Waals surface area contributed by atoms with Gasteiger partial charge in [0.05, 0.1) is 18.1 Å². The predicted octanol–water partition coefficient (Wildman–Crippen LogP) is 5.95. The zero-order valence-electron chi connectivity index (χ0n) is 15.4. The Morgan fingerprint density at radius 1 is 1.04 bits per heavy atom. The minimum absolute atomic E-state index is 0.0652. The standard InChI is InChI=1S/C23H26O3/c1-3-4-5-8-19-15-20(24)22(18-9-6-7-16(2)14-18)23(25)21(19)17-10-12-26-13-11-17/h6-7,9-15,17,24-25H,3-5,8H2,1-2H3. The number of aryl methyl sites for hydroxylation is 2. The SMILES string of the molecule is CCCCCc1cc(O)c(-c2cccc(C)c2)c(O)c1C1C=COC=C1. The third kappa shape index (κ3) is 3.77. The fraction of sp³-hybridized carbons (Fsp3) is 0.304. The quantitative estimate of drug-likeness (QED) is 0.633. The highest BCUT2D eigenvalue weighted by molar-refractivity contribution is 5.79. The van der Waals surface area contributed by atoms with E-state index in [1.165, 1.54) is 0 Å². The van der Waals surface area contributed by atoms with Crippen LogP contribution in [0.4, 0.5) is 0 Å². The van der Waals surface area contributed by atoms with Gasteiger partial charge in [-0.2, -0.15) is 0 Å². The summed E-state index contributed by atoms with van der Waals surface area (Å²) in [5.41, 5.74) is 4.25. The van der Waals surface area contributed by atoms with Crippen LogP contribution >= 0.6 is 0 Å². The molecule has 26 heavy (non-hydrogen) atoms. The molecule has 0 aromatic heterocycles. The second kappa shape index (κ2) is 8.13. The first-order valence-electron chi connectivity index (χ1n) is 9.25. The molecule has 0 spiro atoms. The number of ether oxygens (including phenoxy) is 1. The predicted molar refractivity (Wildman–Crippen MR) is 105 cm³/mol. The van der Waals surface area contributed by atoms with Gasteiger partial charge in [-0.15, -0.1) is 0 Å². The highest BCUT2D eigenvalue weighted by Gasteiger charge is 2.23. The lowest BCUT2D eigenvalue weighted by Crippen LogP contribution is -2.03. The third-order valence-electron chi connectivity index (χ3n) is 4.82. The Labute approximate surface area is 155 Å². The zero-order chi connectivity index (χ0) is 18.5. The van der Waals surface area contributed by atoms with Gasteiger partial charge in [-0.25, -0.2) is 0 Å². The molecular formula is C23H26O3. The summed E-state index contributed by atoms with van der Waals surface area (Å²) < 4.78 is 5.16. The Hall–Kier alpha value is -2.68. The van der Waals surface area contributed by atoms with E-state index < -0.39 is 0 Å². The molecule has 0 saturated heterocycles. The number of hydrogen-bond donors (Lipinski definition) is 2. The van der Waals surface area contributed by atoms with Gasteiger partial charge in [0.15, 0.2) is 0 Å². The summed E-state index contributed by atoms with van der Waals surface area (Å²) in [5.74, 6) is 0.219. The summed E-state index contributed by atoms with van der Waals surface area (Å²) in [6.07, 6.45) is 11.2. The van der Waals surface area contributed by atoms with Crippen molar-refractivity contribution >= 4 is 0 Å². The lowest BCUT2D eigenvalue weighted by atomic mass is 9.86. The van der Waals surface area contributed by atoms with Crippen LogP contribution in [0.15, 0.2) is 55.0 Å². The van der Waals surface area contributed by atoms with Crippen LogP contribution in [0.5, 0.6) is 11.5 Å². The molecule has 2 N–H and O–H groups in total. The molecule has 0 unspecified atom stereocenters. The normalized spacial score (nSPS) is 13.8. The van der Waals surface area contributed by atoms with Gasteiger partial charge in [0.2, 0.25) is 0 Å². The molecule has 3 heteroatoms. The van der Waals surface area contributed by atoms with Crippen molar-refractivity contribution in [2.45, 2.75) is 45.4 Å². The highest BCUT2D eigenvalue weighted by Crippen LogP contribution is 2.45. The van der Waals surface area contributed by atoms with Crippen LogP contribution < -0.4 is 0 Å². The van der Waals surface area contributed by atoms with Gasteiger partial charge in [0, 0.05) is 11.5 Å². The van der Waals surface area contributed by atoms with Gasteiger partial charge in [-0.05, 0) is 49.1 Å². The number of phenols is 2. The molecule has 1 heterocycles. The van der Waals surface area contributed by atoms with Crippen LogP contribution in [0, 0.1) is 6.92 Å². The second-order valence-corrected chi connectivity index (χ2v) is 6.84. The Bertz CT molecular complexity index is 822. The van der Waals surface area contributed by atoms with Crippen molar-refractivity contribution in [3.8, 4) is 22.6 Å². The van der Waals surface area contributed by atoms with E-state index in [4.69, 9.17) is 4.74 Å². The third-order valence-corrected chi connectivity index (χ3v) is 4.82. The Balaban J connectivity index is 2.13. The monoisotopic (exact) mass is 350 g/mol. The second-order valence-electron chi connectivity index (χ2n) is 6.84. The van der Waals surface area contributed by atoms with Crippen molar-refractivity contribution in [1.82, 2.24) is 0 Å². The maximum absolute atomic E-state index is 11.1. The Kier molecular flexibility index (Phi) is 5.67. The molecule has 3 rings (SSSR count). The fourth-order valence-corrected chi connectivity index (χ4v) is 3.51. The summed E-state index contributed by atoms with van der Waals surface area (Å²) in [4.78, 5) is 0. The minimum Gasteiger partial charge on any atom is -0.507 e. The van der Waals surface area contributed by atoms with Gasteiger partial charge in [0.25, 0.3) is 0 Å². The van der Waals surface area contributed by atoms with Crippen LogP contribution in [0.2, 0.25) is 0 Å². The molecule has 0 fully saturated rings. The average molecular weight is 350 g/mol. The topological polar surface area (TPSA) is 49.7 Å². The minimum atomic E-state index is -0.0652. The molecule has 3 nitrogen and oxygen atoms in total.